The Bertz CT molecular complexity index is 432. The smallest absolute Gasteiger partial charge is 0.177 e. The molecule has 2 saturated carbocycles. The summed E-state index contributed by atoms with van der Waals surface area (Å²) in [5.41, 5.74) is -1.40. The molecule has 0 aromatic heterocycles. The van der Waals surface area contributed by atoms with Gasteiger partial charge in [0.05, 0.1) is 0 Å². The maximum absolute atomic E-state index is 12.4. The van der Waals surface area contributed by atoms with Crippen molar-refractivity contribution < 1.29 is 14.4 Å². The molecule has 2 aliphatic carbocycles. The van der Waals surface area contributed by atoms with Gasteiger partial charge in [-0.25, -0.2) is 0 Å². The van der Waals surface area contributed by atoms with Gasteiger partial charge in [0.1, 0.15) is 0 Å². The summed E-state index contributed by atoms with van der Waals surface area (Å²) in [6, 6.07) is 0. The van der Waals surface area contributed by atoms with Gasteiger partial charge in [-0.3, -0.25) is 14.4 Å². The highest BCUT2D eigenvalue weighted by molar-refractivity contribution is 6.31. The van der Waals surface area contributed by atoms with Crippen LogP contribution in [-0.4, -0.2) is 17.3 Å². The molecule has 18 heavy (non-hydrogen) atoms. The van der Waals surface area contributed by atoms with Crippen LogP contribution >= 0.6 is 0 Å². The minimum Gasteiger partial charge on any atom is -0.298 e. The van der Waals surface area contributed by atoms with Crippen LogP contribution < -0.4 is 0 Å². The molecule has 0 heterocycles. The van der Waals surface area contributed by atoms with Crippen molar-refractivity contribution in [3.8, 4) is 0 Å². The molecule has 0 N–H and O–H groups in total. The molecule has 2 unspecified atom stereocenters. The molecule has 0 spiro atoms. The Labute approximate surface area is 107 Å². The molecule has 2 atom stereocenters. The van der Waals surface area contributed by atoms with Gasteiger partial charge in [-0.15, -0.1) is 0 Å². The van der Waals surface area contributed by atoms with Gasteiger partial charge < -0.3 is 0 Å². The Morgan fingerprint density at radius 3 is 2.06 bits per heavy atom. The predicted octanol–water partition coefficient (Wildman–Crippen LogP) is 2.26. The van der Waals surface area contributed by atoms with Crippen LogP contribution in [0.5, 0.6) is 0 Å². The molecule has 0 aromatic carbocycles. The van der Waals surface area contributed by atoms with Crippen LogP contribution in [0.25, 0.3) is 0 Å². The molecule has 96 valence electrons. The van der Waals surface area contributed by atoms with Gasteiger partial charge in [-0.05, 0) is 51.2 Å². The van der Waals surface area contributed by atoms with Gasteiger partial charge >= 0.3 is 0 Å². The lowest BCUT2D eigenvalue weighted by atomic mass is 9.66. The number of rotatable bonds is 4. The molecule has 0 aliphatic heterocycles. The van der Waals surface area contributed by atoms with Gasteiger partial charge in [-0.1, -0.05) is 12.2 Å². The summed E-state index contributed by atoms with van der Waals surface area (Å²) in [5, 5.41) is 0. The molecule has 3 heteroatoms. The number of hydrogen-bond acceptors (Lipinski definition) is 3. The van der Waals surface area contributed by atoms with E-state index >= 15 is 0 Å². The Morgan fingerprint density at radius 2 is 1.67 bits per heavy atom. The van der Waals surface area contributed by atoms with Crippen LogP contribution in [0, 0.1) is 17.3 Å². The van der Waals surface area contributed by atoms with E-state index in [1.54, 1.807) is 26.0 Å². The molecule has 3 nitrogen and oxygen atoms in total. The van der Waals surface area contributed by atoms with Crippen molar-refractivity contribution in [2.75, 3.05) is 0 Å². The van der Waals surface area contributed by atoms with Crippen LogP contribution in [0.2, 0.25) is 0 Å². The molecule has 2 aliphatic rings. The predicted molar refractivity (Wildman–Crippen MR) is 67.9 cm³/mol. The van der Waals surface area contributed by atoms with Crippen molar-refractivity contribution in [2.24, 2.45) is 17.3 Å². The van der Waals surface area contributed by atoms with Crippen molar-refractivity contribution in [1.82, 2.24) is 0 Å². The SMILES string of the molecule is CC=CC(=O)C1(C(=O)C=CC)C(=O)C2CCC1C2. The van der Waals surface area contributed by atoms with Crippen molar-refractivity contribution in [1.29, 1.82) is 0 Å². The van der Waals surface area contributed by atoms with Crippen molar-refractivity contribution >= 4 is 17.3 Å². The monoisotopic (exact) mass is 246 g/mol. The zero-order valence-corrected chi connectivity index (χ0v) is 10.8. The van der Waals surface area contributed by atoms with Gasteiger partial charge in [0.25, 0.3) is 0 Å². The largest absolute Gasteiger partial charge is 0.298 e. The molecule has 2 bridgehead atoms. The molecule has 0 aromatic rings. The van der Waals surface area contributed by atoms with Gasteiger partial charge in [0.15, 0.2) is 22.8 Å². The fourth-order valence-corrected chi connectivity index (χ4v) is 3.47. The van der Waals surface area contributed by atoms with E-state index in [-0.39, 0.29) is 29.2 Å². The molecular weight excluding hydrogens is 228 g/mol. The summed E-state index contributed by atoms with van der Waals surface area (Å²) in [5.74, 6) is -0.985. The van der Waals surface area contributed by atoms with Crippen LogP contribution in [-0.2, 0) is 14.4 Å². The quantitative estimate of drug-likeness (QED) is 0.564. The number of fused-ring (bicyclic) bond motifs is 2. The van der Waals surface area contributed by atoms with E-state index in [1.165, 1.54) is 12.2 Å². The van der Waals surface area contributed by atoms with E-state index in [4.69, 9.17) is 0 Å². The van der Waals surface area contributed by atoms with Crippen LogP contribution in [0.15, 0.2) is 24.3 Å². The average molecular weight is 246 g/mol. The second-order valence-corrected chi connectivity index (χ2v) is 5.11. The first-order chi connectivity index (χ1) is 8.58. The van der Waals surface area contributed by atoms with E-state index in [0.29, 0.717) is 6.42 Å². The second kappa shape index (κ2) is 4.63. The molecular formula is C15H18O3. The Morgan fingerprint density at radius 1 is 1.11 bits per heavy atom. The lowest BCUT2D eigenvalue weighted by molar-refractivity contribution is -0.148. The number of carbonyl (C=O) groups is 3. The number of allylic oxidation sites excluding steroid dienone is 4. The summed E-state index contributed by atoms with van der Waals surface area (Å²) in [7, 11) is 0. The summed E-state index contributed by atoms with van der Waals surface area (Å²) < 4.78 is 0. The summed E-state index contributed by atoms with van der Waals surface area (Å²) in [6.45, 7) is 3.45. The highest BCUT2D eigenvalue weighted by Gasteiger charge is 2.64. The number of hydrogen-bond donors (Lipinski definition) is 0. The van der Waals surface area contributed by atoms with E-state index in [9.17, 15) is 14.4 Å². The second-order valence-electron chi connectivity index (χ2n) is 5.11. The van der Waals surface area contributed by atoms with Crippen LogP contribution in [0.4, 0.5) is 0 Å². The fraction of sp³-hybridized carbons (Fsp3) is 0.533. The molecule has 0 radical (unpaired) electrons. The normalized spacial score (nSPS) is 34.9. The van der Waals surface area contributed by atoms with Crippen LogP contribution in [0.1, 0.15) is 33.1 Å². The summed E-state index contributed by atoms with van der Waals surface area (Å²) in [6.07, 6.45) is 8.30. The minimum atomic E-state index is -1.40. The standard InChI is InChI=1S/C15H18O3/c1-3-5-12(16)15(13(17)6-4-2)11-8-7-10(9-11)14(15)18/h3-6,10-11H,7-9H2,1-2H3. The molecule has 0 amide bonds. The molecule has 0 saturated heterocycles. The summed E-state index contributed by atoms with van der Waals surface area (Å²) >= 11 is 0. The maximum atomic E-state index is 12.4. The third-order valence-corrected chi connectivity index (χ3v) is 4.22. The molecule has 2 rings (SSSR count). The fourth-order valence-electron chi connectivity index (χ4n) is 3.47. The van der Waals surface area contributed by atoms with E-state index in [1.807, 2.05) is 0 Å². The van der Waals surface area contributed by atoms with Crippen molar-refractivity contribution in [3.05, 3.63) is 24.3 Å². The van der Waals surface area contributed by atoms with E-state index in [0.717, 1.165) is 12.8 Å². The zero-order chi connectivity index (χ0) is 13.3. The zero-order valence-electron chi connectivity index (χ0n) is 10.8. The van der Waals surface area contributed by atoms with Gasteiger partial charge in [0, 0.05) is 5.92 Å². The third-order valence-electron chi connectivity index (χ3n) is 4.22. The van der Waals surface area contributed by atoms with Crippen LogP contribution in [0.3, 0.4) is 0 Å². The Hall–Kier alpha value is -1.51. The van der Waals surface area contributed by atoms with E-state index < -0.39 is 5.41 Å². The number of ketones is 3. The third kappa shape index (κ3) is 1.53. The van der Waals surface area contributed by atoms with Gasteiger partial charge in [-0.2, -0.15) is 0 Å². The minimum absolute atomic E-state index is 0.0848. The van der Waals surface area contributed by atoms with Gasteiger partial charge in [0.2, 0.25) is 0 Å². The first kappa shape index (κ1) is 12.9. The Kier molecular flexibility index (Phi) is 3.33. The number of Topliss-reactive ketones (excluding diaryl/α,β-unsaturated/α-hetero) is 1. The maximum Gasteiger partial charge on any atom is 0.177 e. The highest BCUT2D eigenvalue weighted by atomic mass is 16.2. The Balaban J connectivity index is 2.50. The lowest BCUT2D eigenvalue weighted by Crippen LogP contribution is -2.49. The number of carbonyl (C=O) groups excluding carboxylic acids is 3. The molecule has 2 fully saturated rings. The highest BCUT2D eigenvalue weighted by Crippen LogP contribution is 2.54. The van der Waals surface area contributed by atoms with Crippen molar-refractivity contribution in [3.63, 3.8) is 0 Å². The van der Waals surface area contributed by atoms with E-state index in [2.05, 4.69) is 0 Å². The first-order valence-electron chi connectivity index (χ1n) is 6.47. The van der Waals surface area contributed by atoms with Crippen molar-refractivity contribution in [2.45, 2.75) is 33.1 Å². The lowest BCUT2D eigenvalue weighted by Gasteiger charge is -2.31. The first-order valence-corrected chi connectivity index (χ1v) is 6.47. The average Bonchev–Trinajstić information content (AvgIpc) is 2.89. The topological polar surface area (TPSA) is 51.2 Å². The summed E-state index contributed by atoms with van der Waals surface area (Å²) in [4.78, 5) is 37.1.